The summed E-state index contributed by atoms with van der Waals surface area (Å²) in [5.41, 5.74) is 3.75. The van der Waals surface area contributed by atoms with Crippen LogP contribution in [-0.2, 0) is 0 Å². The minimum absolute atomic E-state index is 0.350. The highest BCUT2D eigenvalue weighted by atomic mass is 16.5. The molecule has 0 unspecified atom stereocenters. The van der Waals surface area contributed by atoms with Crippen molar-refractivity contribution in [2.45, 2.75) is 45.1 Å². The molecule has 7 heteroatoms. The lowest BCUT2D eigenvalue weighted by Gasteiger charge is -2.32. The van der Waals surface area contributed by atoms with E-state index in [2.05, 4.69) is 51.4 Å². The number of nitrogens with one attached hydrogen (secondary N) is 1. The van der Waals surface area contributed by atoms with Crippen LogP contribution < -0.4 is 14.8 Å². The van der Waals surface area contributed by atoms with E-state index in [1.54, 1.807) is 0 Å². The van der Waals surface area contributed by atoms with Gasteiger partial charge in [0.05, 0.1) is 11.8 Å². The Bertz CT molecular complexity index is 1140. The van der Waals surface area contributed by atoms with Crippen molar-refractivity contribution in [1.82, 2.24) is 19.8 Å². The monoisotopic (exact) mass is 501 g/mol. The van der Waals surface area contributed by atoms with Crippen molar-refractivity contribution in [3.05, 3.63) is 60.3 Å². The first-order valence-electron chi connectivity index (χ1n) is 13.6. The lowest BCUT2D eigenvalue weighted by atomic mass is 9.98. The topological polar surface area (TPSA) is 62.8 Å². The van der Waals surface area contributed by atoms with Gasteiger partial charge in [-0.1, -0.05) is 12.5 Å². The Kier molecular flexibility index (Phi) is 8.53. The fraction of sp³-hybridized carbons (Fsp3) is 0.467. The molecule has 196 valence electrons. The Hall–Kier alpha value is -3.16. The third-order valence-electron chi connectivity index (χ3n) is 7.22. The quantitative estimate of drug-likeness (QED) is 0.413. The summed E-state index contributed by atoms with van der Waals surface area (Å²) in [6, 6.07) is 18.3. The maximum atomic E-state index is 6.19. The van der Waals surface area contributed by atoms with Crippen LogP contribution in [0.1, 0.15) is 37.8 Å². The maximum absolute atomic E-state index is 6.19. The minimum atomic E-state index is 0.350. The summed E-state index contributed by atoms with van der Waals surface area (Å²) >= 11 is 0. The van der Waals surface area contributed by atoms with Gasteiger partial charge in [0.15, 0.2) is 0 Å². The number of rotatable bonds is 9. The molecule has 2 aliphatic rings. The zero-order valence-corrected chi connectivity index (χ0v) is 22.2. The van der Waals surface area contributed by atoms with E-state index in [1.807, 2.05) is 37.3 Å². The van der Waals surface area contributed by atoms with Gasteiger partial charge in [-0.05, 0) is 82.1 Å². The van der Waals surface area contributed by atoms with Gasteiger partial charge in [0, 0.05) is 55.7 Å². The number of ether oxygens (including phenoxy) is 2. The standard InChI is InChI=1S/C30H39N5O2/c1-23-21-29(24-11-13-27(14-12-24)37-26-8-4-3-5-9-26)33-30(31-23)32-25-7-6-10-28(22-25)36-20-19-35-17-15-34(2)16-18-35/h6-7,10-14,21-22,26H,3-5,8-9,15-20H2,1-2H3,(H,31,32,33). The van der Waals surface area contributed by atoms with E-state index in [9.17, 15) is 0 Å². The molecule has 1 N–H and O–H groups in total. The van der Waals surface area contributed by atoms with E-state index in [4.69, 9.17) is 14.5 Å². The van der Waals surface area contributed by atoms with Crippen LogP contribution in [-0.4, -0.2) is 72.3 Å². The first kappa shape index (κ1) is 25.5. The van der Waals surface area contributed by atoms with Crippen molar-refractivity contribution >= 4 is 11.6 Å². The summed E-state index contributed by atoms with van der Waals surface area (Å²) < 4.78 is 12.2. The molecule has 2 fully saturated rings. The van der Waals surface area contributed by atoms with Gasteiger partial charge in [0.2, 0.25) is 5.95 Å². The normalized spacial score (nSPS) is 17.5. The predicted molar refractivity (Wildman–Crippen MR) is 149 cm³/mol. The number of hydrogen-bond acceptors (Lipinski definition) is 7. The summed E-state index contributed by atoms with van der Waals surface area (Å²) in [5.74, 6) is 2.36. The summed E-state index contributed by atoms with van der Waals surface area (Å²) in [4.78, 5) is 14.2. The average Bonchev–Trinajstić information content (AvgIpc) is 2.91. The van der Waals surface area contributed by atoms with Crippen molar-refractivity contribution in [2.75, 3.05) is 51.7 Å². The third-order valence-corrected chi connectivity index (χ3v) is 7.22. The fourth-order valence-corrected chi connectivity index (χ4v) is 5.01. The highest BCUT2D eigenvalue weighted by Crippen LogP contribution is 2.27. The molecule has 1 aliphatic carbocycles. The van der Waals surface area contributed by atoms with Gasteiger partial charge in [0.25, 0.3) is 0 Å². The molecule has 0 amide bonds. The summed E-state index contributed by atoms with van der Waals surface area (Å²) in [5, 5.41) is 3.36. The van der Waals surface area contributed by atoms with Gasteiger partial charge in [-0.15, -0.1) is 0 Å². The molecule has 1 saturated carbocycles. The first-order valence-corrected chi connectivity index (χ1v) is 13.6. The molecule has 37 heavy (non-hydrogen) atoms. The molecule has 1 saturated heterocycles. The Morgan fingerprint density at radius 3 is 2.46 bits per heavy atom. The molecule has 0 spiro atoms. The van der Waals surface area contributed by atoms with Gasteiger partial charge < -0.3 is 19.7 Å². The smallest absolute Gasteiger partial charge is 0.227 e. The summed E-state index contributed by atoms with van der Waals surface area (Å²) in [7, 11) is 2.18. The van der Waals surface area contributed by atoms with Gasteiger partial charge in [-0.3, -0.25) is 4.90 Å². The predicted octanol–water partition coefficient (Wildman–Crippen LogP) is 5.53. The molecule has 2 aromatic carbocycles. The van der Waals surface area contributed by atoms with Gasteiger partial charge >= 0.3 is 0 Å². The van der Waals surface area contributed by atoms with Gasteiger partial charge in [-0.2, -0.15) is 0 Å². The number of aromatic nitrogens is 2. The highest BCUT2D eigenvalue weighted by molar-refractivity contribution is 5.64. The van der Waals surface area contributed by atoms with E-state index in [1.165, 1.54) is 19.3 Å². The maximum Gasteiger partial charge on any atom is 0.227 e. The van der Waals surface area contributed by atoms with Crippen LogP contribution in [0, 0.1) is 6.92 Å². The van der Waals surface area contributed by atoms with Crippen LogP contribution in [0.2, 0.25) is 0 Å². The Labute approximate surface area is 220 Å². The molecule has 0 atom stereocenters. The van der Waals surface area contributed by atoms with Crippen LogP contribution in [0.15, 0.2) is 54.6 Å². The van der Waals surface area contributed by atoms with Crippen LogP contribution in [0.5, 0.6) is 11.5 Å². The number of hydrogen-bond donors (Lipinski definition) is 1. The third kappa shape index (κ3) is 7.43. The number of nitrogens with zero attached hydrogens (tertiary/aromatic N) is 4. The van der Waals surface area contributed by atoms with E-state index in [0.717, 1.165) is 79.7 Å². The second kappa shape index (κ2) is 12.4. The number of likely N-dealkylation sites (N-methyl/N-ethyl adjacent to an activating group) is 1. The molecule has 2 heterocycles. The number of anilines is 2. The summed E-state index contributed by atoms with van der Waals surface area (Å²) in [6.07, 6.45) is 6.53. The zero-order valence-electron chi connectivity index (χ0n) is 22.2. The van der Waals surface area contributed by atoms with Gasteiger partial charge in [0.1, 0.15) is 18.1 Å². The first-order chi connectivity index (χ1) is 18.1. The van der Waals surface area contributed by atoms with E-state index in [0.29, 0.717) is 18.7 Å². The van der Waals surface area contributed by atoms with E-state index in [-0.39, 0.29) is 0 Å². The van der Waals surface area contributed by atoms with E-state index >= 15 is 0 Å². The molecule has 1 aromatic heterocycles. The number of benzene rings is 2. The molecule has 0 radical (unpaired) electrons. The number of aryl methyl sites for hydroxylation is 1. The van der Waals surface area contributed by atoms with Gasteiger partial charge in [-0.25, -0.2) is 9.97 Å². The lowest BCUT2D eigenvalue weighted by molar-refractivity contribution is 0.134. The second-order valence-corrected chi connectivity index (χ2v) is 10.3. The minimum Gasteiger partial charge on any atom is -0.492 e. The second-order valence-electron chi connectivity index (χ2n) is 10.3. The Morgan fingerprint density at radius 1 is 0.892 bits per heavy atom. The molecule has 0 bridgehead atoms. The average molecular weight is 502 g/mol. The van der Waals surface area contributed by atoms with Crippen LogP contribution in [0.3, 0.4) is 0 Å². The number of piperazine rings is 1. The van der Waals surface area contributed by atoms with Crippen molar-refractivity contribution in [3.63, 3.8) is 0 Å². The Morgan fingerprint density at radius 2 is 1.68 bits per heavy atom. The molecule has 1 aliphatic heterocycles. The molecular formula is C30H39N5O2. The molecule has 5 rings (SSSR count). The highest BCUT2D eigenvalue weighted by Gasteiger charge is 2.15. The lowest BCUT2D eigenvalue weighted by Crippen LogP contribution is -2.45. The van der Waals surface area contributed by atoms with Crippen molar-refractivity contribution in [2.24, 2.45) is 0 Å². The Balaban J connectivity index is 1.19. The van der Waals surface area contributed by atoms with Crippen LogP contribution >= 0.6 is 0 Å². The van der Waals surface area contributed by atoms with Crippen LogP contribution in [0.25, 0.3) is 11.3 Å². The van der Waals surface area contributed by atoms with Crippen molar-refractivity contribution in [1.29, 1.82) is 0 Å². The largest absolute Gasteiger partial charge is 0.492 e. The molecular weight excluding hydrogens is 462 g/mol. The molecule has 3 aromatic rings. The zero-order chi connectivity index (χ0) is 25.5. The van der Waals surface area contributed by atoms with Crippen molar-refractivity contribution < 1.29 is 9.47 Å². The molecule has 7 nitrogen and oxygen atoms in total. The van der Waals surface area contributed by atoms with Crippen LogP contribution in [0.4, 0.5) is 11.6 Å². The summed E-state index contributed by atoms with van der Waals surface area (Å²) in [6.45, 7) is 8.07. The van der Waals surface area contributed by atoms with E-state index < -0.39 is 0 Å². The fourth-order valence-electron chi connectivity index (χ4n) is 5.01. The van der Waals surface area contributed by atoms with Crippen molar-refractivity contribution in [3.8, 4) is 22.8 Å². The SMILES string of the molecule is Cc1cc(-c2ccc(OC3CCCCC3)cc2)nc(Nc2cccc(OCCN3CCN(C)CC3)c2)n1.